The first-order valence-electron chi connectivity index (χ1n) is 19.8. The van der Waals surface area contributed by atoms with E-state index in [-0.39, 0.29) is 10.8 Å². The fourth-order valence-electron chi connectivity index (χ4n) is 10.1. The highest BCUT2D eigenvalue weighted by Crippen LogP contribution is 2.56. The van der Waals surface area contributed by atoms with E-state index in [4.69, 9.17) is 0 Å². The van der Waals surface area contributed by atoms with Gasteiger partial charge in [0.2, 0.25) is 0 Å². The summed E-state index contributed by atoms with van der Waals surface area (Å²) < 4.78 is 2.40. The van der Waals surface area contributed by atoms with Gasteiger partial charge < -0.3 is 9.47 Å². The van der Waals surface area contributed by atoms with Crippen LogP contribution >= 0.6 is 0 Å². The highest BCUT2D eigenvalue weighted by atomic mass is 15.1. The first-order chi connectivity index (χ1) is 27.3. The molecule has 0 aliphatic heterocycles. The van der Waals surface area contributed by atoms with Gasteiger partial charge in [0.1, 0.15) is 0 Å². The van der Waals surface area contributed by atoms with Gasteiger partial charge in [-0.1, -0.05) is 155 Å². The number of fused-ring (bicyclic) bond motifs is 9. The second kappa shape index (κ2) is 11.9. The zero-order valence-electron chi connectivity index (χ0n) is 32.2. The van der Waals surface area contributed by atoms with Crippen molar-refractivity contribution < 1.29 is 0 Å². The van der Waals surface area contributed by atoms with Crippen LogP contribution in [-0.4, -0.2) is 4.57 Å². The molecule has 2 nitrogen and oxygen atoms in total. The van der Waals surface area contributed by atoms with Crippen LogP contribution in [0.1, 0.15) is 49.9 Å². The maximum atomic E-state index is 2.52. The molecule has 9 aromatic rings. The van der Waals surface area contributed by atoms with Crippen LogP contribution in [0.15, 0.2) is 182 Å². The lowest BCUT2D eigenvalue weighted by molar-refractivity contribution is 0.660. The molecule has 0 radical (unpaired) electrons. The number of rotatable bonds is 5. The van der Waals surface area contributed by atoms with Gasteiger partial charge in [-0.2, -0.15) is 0 Å². The monoisotopic (exact) mass is 718 g/mol. The molecule has 0 amide bonds. The van der Waals surface area contributed by atoms with Crippen molar-refractivity contribution in [2.75, 3.05) is 4.90 Å². The molecular weight excluding hydrogens is 677 g/mol. The van der Waals surface area contributed by atoms with E-state index >= 15 is 0 Å². The van der Waals surface area contributed by atoms with Crippen molar-refractivity contribution in [2.24, 2.45) is 0 Å². The van der Waals surface area contributed by atoms with E-state index in [0.717, 1.165) is 11.4 Å². The van der Waals surface area contributed by atoms with E-state index in [1.54, 1.807) is 0 Å². The molecule has 0 saturated carbocycles. The molecule has 1 heterocycles. The van der Waals surface area contributed by atoms with Crippen molar-refractivity contribution in [3.8, 4) is 39.1 Å². The van der Waals surface area contributed by atoms with Crippen LogP contribution in [0.5, 0.6) is 0 Å². The average molecular weight is 719 g/mol. The molecule has 268 valence electrons. The molecule has 2 aliphatic rings. The maximum Gasteiger partial charge on any atom is 0.0547 e. The molecule has 0 atom stereocenters. The second-order valence-corrected chi connectivity index (χ2v) is 16.5. The zero-order chi connectivity index (χ0) is 37.8. The summed E-state index contributed by atoms with van der Waals surface area (Å²) >= 11 is 0. The number of anilines is 3. The Balaban J connectivity index is 1.16. The van der Waals surface area contributed by atoms with Gasteiger partial charge in [-0.25, -0.2) is 0 Å². The van der Waals surface area contributed by atoms with Crippen LogP contribution in [0.4, 0.5) is 17.1 Å². The predicted molar refractivity (Wildman–Crippen MR) is 236 cm³/mol. The molecule has 0 spiro atoms. The van der Waals surface area contributed by atoms with E-state index < -0.39 is 0 Å². The molecule has 0 saturated heterocycles. The minimum Gasteiger partial charge on any atom is -0.310 e. The predicted octanol–water partition coefficient (Wildman–Crippen LogP) is 14.5. The molecule has 11 rings (SSSR count). The van der Waals surface area contributed by atoms with Gasteiger partial charge in [0.25, 0.3) is 0 Å². The molecule has 2 aliphatic carbocycles. The third-order valence-corrected chi connectivity index (χ3v) is 12.8. The summed E-state index contributed by atoms with van der Waals surface area (Å²) in [5.41, 5.74) is 20.1. The second-order valence-electron chi connectivity index (χ2n) is 16.5. The van der Waals surface area contributed by atoms with Crippen molar-refractivity contribution in [3.63, 3.8) is 0 Å². The minimum absolute atomic E-state index is 0.0657. The molecule has 0 N–H and O–H groups in total. The summed E-state index contributed by atoms with van der Waals surface area (Å²) in [7, 11) is 0. The van der Waals surface area contributed by atoms with Crippen molar-refractivity contribution in [3.05, 3.63) is 204 Å². The molecule has 8 aromatic carbocycles. The fourth-order valence-corrected chi connectivity index (χ4v) is 10.1. The van der Waals surface area contributed by atoms with Gasteiger partial charge >= 0.3 is 0 Å². The van der Waals surface area contributed by atoms with E-state index in [0.29, 0.717) is 0 Å². The maximum absolute atomic E-state index is 2.52. The summed E-state index contributed by atoms with van der Waals surface area (Å²) in [6.45, 7) is 9.45. The summed E-state index contributed by atoms with van der Waals surface area (Å²) in [6.07, 6.45) is 0. The van der Waals surface area contributed by atoms with Gasteiger partial charge in [0, 0.05) is 44.2 Å². The first-order valence-corrected chi connectivity index (χ1v) is 19.8. The van der Waals surface area contributed by atoms with E-state index in [1.807, 2.05) is 0 Å². The lowest BCUT2D eigenvalue weighted by Gasteiger charge is -2.30. The van der Waals surface area contributed by atoms with Crippen LogP contribution in [0, 0.1) is 0 Å². The van der Waals surface area contributed by atoms with Crippen molar-refractivity contribution in [2.45, 2.75) is 38.5 Å². The Labute approximate surface area is 328 Å². The molecule has 0 bridgehead atoms. The standard InChI is InChI=1S/C54H42N2/c1-53(2)44-25-11-8-21-40(44)43-34-38(31-32-46(43)53)55(50-30-16-27-47-52(50)41-22-9-12-26-45(41)54(47,3)4)37-20-14-17-35(33-37)39-24-15-29-49-51(39)42-23-10-13-28-48(42)56(49)36-18-6-5-7-19-36/h5-34H,1-4H3. The van der Waals surface area contributed by atoms with Gasteiger partial charge in [0.15, 0.2) is 0 Å². The van der Waals surface area contributed by atoms with Crippen LogP contribution in [-0.2, 0) is 10.8 Å². The van der Waals surface area contributed by atoms with Crippen molar-refractivity contribution >= 4 is 38.9 Å². The molecular formula is C54H42N2. The average Bonchev–Trinajstić information content (AvgIpc) is 3.79. The Morgan fingerprint density at radius 3 is 1.84 bits per heavy atom. The van der Waals surface area contributed by atoms with E-state index in [2.05, 4.69) is 219 Å². The highest BCUT2D eigenvalue weighted by Gasteiger charge is 2.39. The third-order valence-electron chi connectivity index (χ3n) is 12.8. The van der Waals surface area contributed by atoms with Crippen LogP contribution in [0.25, 0.3) is 60.9 Å². The Kier molecular flexibility index (Phi) is 6.98. The number of hydrogen-bond donors (Lipinski definition) is 0. The SMILES string of the molecule is CC1(C)c2ccccc2-c2cc(N(c3cccc(-c4cccc5c4c4ccccc4n5-c4ccccc4)c3)c3cccc4c3-c3ccccc3C4(C)C)ccc21. The number of benzene rings is 8. The lowest BCUT2D eigenvalue weighted by Crippen LogP contribution is -2.16. The summed E-state index contributed by atoms with van der Waals surface area (Å²) in [6, 6.07) is 67.5. The normalized spacial score (nSPS) is 14.4. The zero-order valence-corrected chi connectivity index (χ0v) is 32.2. The molecule has 2 heteroatoms. The van der Waals surface area contributed by atoms with Gasteiger partial charge in [0.05, 0.1) is 16.7 Å². The number of nitrogens with zero attached hydrogens (tertiary/aromatic N) is 2. The summed E-state index contributed by atoms with van der Waals surface area (Å²) in [5, 5.41) is 2.52. The Morgan fingerprint density at radius 1 is 0.411 bits per heavy atom. The number of aromatic nitrogens is 1. The minimum atomic E-state index is -0.112. The molecule has 0 fully saturated rings. The van der Waals surface area contributed by atoms with E-state index in [9.17, 15) is 0 Å². The van der Waals surface area contributed by atoms with Crippen LogP contribution in [0.3, 0.4) is 0 Å². The van der Waals surface area contributed by atoms with Crippen LogP contribution < -0.4 is 4.90 Å². The first kappa shape index (κ1) is 32.8. The third kappa shape index (κ3) is 4.56. The Hall–Kier alpha value is -6.64. The smallest absolute Gasteiger partial charge is 0.0547 e. The van der Waals surface area contributed by atoms with Gasteiger partial charge in [-0.15, -0.1) is 0 Å². The van der Waals surface area contributed by atoms with Gasteiger partial charge in [-0.05, 0) is 105 Å². The highest BCUT2D eigenvalue weighted by molar-refractivity contribution is 6.16. The number of hydrogen-bond acceptors (Lipinski definition) is 1. The molecule has 1 aromatic heterocycles. The summed E-state index contributed by atoms with van der Waals surface area (Å²) in [4.78, 5) is 2.52. The van der Waals surface area contributed by atoms with Gasteiger partial charge in [-0.3, -0.25) is 0 Å². The fraction of sp³-hybridized carbons (Fsp3) is 0.111. The number of para-hydroxylation sites is 2. The summed E-state index contributed by atoms with van der Waals surface area (Å²) in [5.74, 6) is 0. The quantitative estimate of drug-likeness (QED) is 0.172. The largest absolute Gasteiger partial charge is 0.310 e. The van der Waals surface area contributed by atoms with Crippen molar-refractivity contribution in [1.29, 1.82) is 0 Å². The Bertz CT molecular complexity index is 3030. The van der Waals surface area contributed by atoms with Crippen molar-refractivity contribution in [1.82, 2.24) is 4.57 Å². The van der Waals surface area contributed by atoms with E-state index in [1.165, 1.54) is 88.8 Å². The molecule has 0 unspecified atom stereocenters. The van der Waals surface area contributed by atoms with Crippen LogP contribution in [0.2, 0.25) is 0 Å². The Morgan fingerprint density at radius 2 is 1.00 bits per heavy atom. The topological polar surface area (TPSA) is 8.17 Å². The lowest BCUT2D eigenvalue weighted by atomic mass is 9.82. The molecule has 56 heavy (non-hydrogen) atoms.